The van der Waals surface area contributed by atoms with Gasteiger partial charge in [0.15, 0.2) is 0 Å². The van der Waals surface area contributed by atoms with Crippen molar-refractivity contribution in [3.8, 4) is 0 Å². The minimum atomic E-state index is -4.09. The van der Waals surface area contributed by atoms with Gasteiger partial charge in [-0.15, -0.1) is 0 Å². The number of hydrogen-bond acceptors (Lipinski definition) is 3. The summed E-state index contributed by atoms with van der Waals surface area (Å²) in [4.78, 5) is 4.48. The second-order valence-corrected chi connectivity index (χ2v) is 5.97. The maximum Gasteiger partial charge on any atom is 0.441 e. The van der Waals surface area contributed by atoms with Crippen LogP contribution in [0.15, 0.2) is 0 Å². The van der Waals surface area contributed by atoms with Gasteiger partial charge in [0.25, 0.3) is 0 Å². The number of halogens is 4. The first kappa shape index (κ1) is 15.6. The van der Waals surface area contributed by atoms with E-state index in [9.17, 15) is 13.2 Å². The zero-order valence-electron chi connectivity index (χ0n) is 9.68. The minimum Gasteiger partial charge on any atom is -0.301 e. The summed E-state index contributed by atoms with van der Waals surface area (Å²) in [5.41, 5.74) is -4.09. The molecular formula is C10H18BrF3N2S. The third kappa shape index (κ3) is 7.54. The van der Waals surface area contributed by atoms with Crippen LogP contribution >= 0.6 is 27.7 Å². The van der Waals surface area contributed by atoms with E-state index in [1.807, 2.05) is 0 Å². The van der Waals surface area contributed by atoms with Crippen LogP contribution in [0, 0.1) is 0 Å². The molecule has 0 saturated carbocycles. The summed E-state index contributed by atoms with van der Waals surface area (Å²) < 4.78 is 36.0. The van der Waals surface area contributed by atoms with Gasteiger partial charge in [-0.25, -0.2) is 0 Å². The molecule has 1 rings (SSSR count). The Morgan fingerprint density at radius 3 is 2.12 bits per heavy atom. The van der Waals surface area contributed by atoms with Gasteiger partial charge in [-0.3, -0.25) is 0 Å². The molecule has 17 heavy (non-hydrogen) atoms. The van der Waals surface area contributed by atoms with E-state index in [2.05, 4.69) is 25.7 Å². The molecule has 0 amide bonds. The lowest BCUT2D eigenvalue weighted by molar-refractivity contribution is -0.0328. The average molecular weight is 335 g/mol. The summed E-state index contributed by atoms with van der Waals surface area (Å²) >= 11 is 3.49. The van der Waals surface area contributed by atoms with Crippen LogP contribution in [0.1, 0.15) is 6.42 Å². The summed E-state index contributed by atoms with van der Waals surface area (Å²) in [6.07, 6.45) is 1.05. The first-order chi connectivity index (χ1) is 8.01. The molecule has 1 saturated heterocycles. The van der Waals surface area contributed by atoms with Gasteiger partial charge in [-0.2, -0.15) is 13.2 Å². The highest BCUT2D eigenvalue weighted by Gasteiger charge is 2.28. The SMILES string of the molecule is FC(F)(F)SCCN1CCCN(CCBr)CC1. The van der Waals surface area contributed by atoms with Crippen molar-refractivity contribution in [3.63, 3.8) is 0 Å². The largest absolute Gasteiger partial charge is 0.441 e. The molecule has 0 radical (unpaired) electrons. The highest BCUT2D eigenvalue weighted by atomic mass is 79.9. The molecular weight excluding hydrogens is 317 g/mol. The van der Waals surface area contributed by atoms with Gasteiger partial charge in [0.1, 0.15) is 0 Å². The molecule has 0 unspecified atom stereocenters. The Balaban J connectivity index is 2.18. The van der Waals surface area contributed by atoms with E-state index >= 15 is 0 Å². The fraction of sp³-hybridized carbons (Fsp3) is 1.00. The van der Waals surface area contributed by atoms with Crippen molar-refractivity contribution in [2.45, 2.75) is 11.9 Å². The maximum absolute atomic E-state index is 12.0. The Bertz CT molecular complexity index is 216. The Labute approximate surface area is 113 Å². The number of rotatable bonds is 5. The smallest absolute Gasteiger partial charge is 0.301 e. The molecule has 0 aromatic rings. The van der Waals surface area contributed by atoms with E-state index in [1.54, 1.807) is 0 Å². The maximum atomic E-state index is 12.0. The molecule has 0 atom stereocenters. The minimum absolute atomic E-state index is 0.0823. The van der Waals surface area contributed by atoms with E-state index in [4.69, 9.17) is 0 Å². The lowest BCUT2D eigenvalue weighted by Gasteiger charge is -2.21. The number of hydrogen-bond donors (Lipinski definition) is 0. The van der Waals surface area contributed by atoms with Crippen molar-refractivity contribution in [2.75, 3.05) is 50.4 Å². The van der Waals surface area contributed by atoms with Crippen LogP contribution in [-0.2, 0) is 0 Å². The highest BCUT2D eigenvalue weighted by molar-refractivity contribution is 9.09. The fourth-order valence-corrected chi connectivity index (χ4v) is 2.96. The summed E-state index contributed by atoms with van der Waals surface area (Å²) in [7, 11) is 0. The quantitative estimate of drug-likeness (QED) is 0.714. The summed E-state index contributed by atoms with van der Waals surface area (Å²) in [5, 5.41) is 0.955. The predicted molar refractivity (Wildman–Crippen MR) is 69.8 cm³/mol. The van der Waals surface area contributed by atoms with Crippen LogP contribution in [0.2, 0.25) is 0 Å². The summed E-state index contributed by atoms with van der Waals surface area (Å²) in [5.74, 6) is 0.141. The van der Waals surface area contributed by atoms with E-state index in [0.717, 1.165) is 44.5 Å². The average Bonchev–Trinajstić information content (AvgIpc) is 2.43. The molecule has 0 aromatic carbocycles. The third-order valence-electron chi connectivity index (χ3n) is 2.76. The number of thioether (sulfide) groups is 1. The zero-order chi connectivity index (χ0) is 12.7. The monoisotopic (exact) mass is 334 g/mol. The zero-order valence-corrected chi connectivity index (χ0v) is 12.1. The van der Waals surface area contributed by atoms with Crippen LogP contribution in [0.5, 0.6) is 0 Å². The molecule has 1 aliphatic rings. The molecule has 0 aliphatic carbocycles. The predicted octanol–water partition coefficient (Wildman–Crippen LogP) is 2.64. The van der Waals surface area contributed by atoms with Gasteiger partial charge in [-0.1, -0.05) is 15.9 Å². The van der Waals surface area contributed by atoms with E-state index in [1.165, 1.54) is 0 Å². The summed E-state index contributed by atoms with van der Waals surface area (Å²) in [6, 6.07) is 0. The lowest BCUT2D eigenvalue weighted by atomic mass is 10.4. The van der Waals surface area contributed by atoms with Crippen molar-refractivity contribution in [1.82, 2.24) is 9.80 Å². The molecule has 0 aromatic heterocycles. The molecule has 0 bridgehead atoms. The molecule has 1 heterocycles. The van der Waals surface area contributed by atoms with E-state index in [-0.39, 0.29) is 17.5 Å². The summed E-state index contributed by atoms with van der Waals surface area (Å²) in [6.45, 7) is 5.36. The normalized spacial score (nSPS) is 20.5. The first-order valence-electron chi connectivity index (χ1n) is 5.72. The highest BCUT2D eigenvalue weighted by Crippen LogP contribution is 2.29. The molecule has 7 heteroatoms. The fourth-order valence-electron chi connectivity index (χ4n) is 1.88. The Kier molecular flexibility index (Phi) is 7.21. The molecule has 0 N–H and O–H groups in total. The van der Waals surface area contributed by atoms with Gasteiger partial charge in [-0.05, 0) is 31.3 Å². The number of alkyl halides is 4. The van der Waals surface area contributed by atoms with Crippen LogP contribution < -0.4 is 0 Å². The van der Waals surface area contributed by atoms with Gasteiger partial charge >= 0.3 is 5.51 Å². The van der Waals surface area contributed by atoms with Crippen molar-refractivity contribution < 1.29 is 13.2 Å². The van der Waals surface area contributed by atoms with Crippen molar-refractivity contribution in [3.05, 3.63) is 0 Å². The van der Waals surface area contributed by atoms with Crippen molar-refractivity contribution >= 4 is 27.7 Å². The van der Waals surface area contributed by atoms with Gasteiger partial charge < -0.3 is 9.80 Å². The van der Waals surface area contributed by atoms with Gasteiger partial charge in [0.05, 0.1) is 0 Å². The number of nitrogens with zero attached hydrogens (tertiary/aromatic N) is 2. The second kappa shape index (κ2) is 7.86. The first-order valence-corrected chi connectivity index (χ1v) is 7.83. The Morgan fingerprint density at radius 2 is 1.59 bits per heavy atom. The van der Waals surface area contributed by atoms with Crippen LogP contribution in [0.3, 0.4) is 0 Å². The van der Waals surface area contributed by atoms with Crippen molar-refractivity contribution in [1.29, 1.82) is 0 Å². The van der Waals surface area contributed by atoms with E-state index in [0.29, 0.717) is 6.54 Å². The van der Waals surface area contributed by atoms with Crippen LogP contribution in [0.4, 0.5) is 13.2 Å². The van der Waals surface area contributed by atoms with Crippen LogP contribution in [-0.4, -0.2) is 65.7 Å². The standard InChI is InChI=1S/C10H18BrF3N2S/c11-2-5-15-3-1-4-16(7-6-15)8-9-17-10(12,13)14/h1-9H2. The van der Waals surface area contributed by atoms with E-state index < -0.39 is 5.51 Å². The van der Waals surface area contributed by atoms with Gasteiger partial charge in [0, 0.05) is 37.3 Å². The van der Waals surface area contributed by atoms with Gasteiger partial charge in [0.2, 0.25) is 0 Å². The Morgan fingerprint density at radius 1 is 1.00 bits per heavy atom. The molecule has 0 spiro atoms. The second-order valence-electron chi connectivity index (χ2n) is 4.02. The van der Waals surface area contributed by atoms with Crippen molar-refractivity contribution in [2.24, 2.45) is 0 Å². The molecule has 1 fully saturated rings. The van der Waals surface area contributed by atoms with Crippen LogP contribution in [0.25, 0.3) is 0 Å². The molecule has 1 aliphatic heterocycles. The molecule has 102 valence electrons. The lowest BCUT2D eigenvalue weighted by Crippen LogP contribution is -2.33. The Hall–Kier alpha value is 0.540. The molecule has 2 nitrogen and oxygen atoms in total. The third-order valence-corrected chi connectivity index (χ3v) is 3.82. The topological polar surface area (TPSA) is 6.48 Å².